The Hall–Kier alpha value is -1.39. The molecule has 2 rings (SSSR count). The molecule has 1 atom stereocenters. The first kappa shape index (κ1) is 13.1. The third kappa shape index (κ3) is 3.31. The number of nitrogens with zero attached hydrogens (tertiary/aromatic N) is 1. The number of aliphatic hydroxyl groups excluding tert-OH is 1. The molecule has 0 bridgehead atoms. The normalized spacial score (nSPS) is 12.4. The zero-order valence-corrected chi connectivity index (χ0v) is 11.4. The van der Waals surface area contributed by atoms with Gasteiger partial charge >= 0.3 is 0 Å². The smallest absolute Gasteiger partial charge is 0.119 e. The highest BCUT2D eigenvalue weighted by Gasteiger charge is 2.04. The molecule has 1 N–H and O–H groups in total. The van der Waals surface area contributed by atoms with E-state index in [0.29, 0.717) is 6.61 Å². The van der Waals surface area contributed by atoms with Crippen molar-refractivity contribution >= 4 is 11.3 Å². The van der Waals surface area contributed by atoms with Crippen molar-refractivity contribution in [3.05, 3.63) is 45.9 Å². The van der Waals surface area contributed by atoms with Crippen LogP contribution in [0.5, 0.6) is 5.75 Å². The van der Waals surface area contributed by atoms with Gasteiger partial charge in [-0.3, -0.25) is 0 Å². The summed E-state index contributed by atoms with van der Waals surface area (Å²) in [5.41, 5.74) is 3.82. The second kappa shape index (κ2) is 5.98. The van der Waals surface area contributed by atoms with Gasteiger partial charge in [0.25, 0.3) is 0 Å². The van der Waals surface area contributed by atoms with Crippen LogP contribution in [-0.4, -0.2) is 16.7 Å². The van der Waals surface area contributed by atoms with Gasteiger partial charge in [-0.2, -0.15) is 0 Å². The summed E-state index contributed by atoms with van der Waals surface area (Å²) in [6.07, 6.45) is 0.410. The monoisotopic (exact) mass is 263 g/mol. The molecule has 18 heavy (non-hydrogen) atoms. The van der Waals surface area contributed by atoms with Crippen molar-refractivity contribution < 1.29 is 9.84 Å². The van der Waals surface area contributed by atoms with Gasteiger partial charge in [-0.1, -0.05) is 12.1 Å². The molecule has 96 valence electrons. The van der Waals surface area contributed by atoms with Crippen molar-refractivity contribution in [1.29, 1.82) is 0 Å². The fraction of sp³-hybridized carbons (Fsp3) is 0.357. The maximum absolute atomic E-state index is 9.50. The molecule has 1 heterocycles. The topological polar surface area (TPSA) is 42.4 Å². The van der Waals surface area contributed by atoms with Crippen LogP contribution in [0.1, 0.15) is 29.2 Å². The van der Waals surface area contributed by atoms with E-state index in [9.17, 15) is 5.11 Å². The van der Waals surface area contributed by atoms with Gasteiger partial charge in [0, 0.05) is 11.3 Å². The minimum atomic E-state index is -0.461. The van der Waals surface area contributed by atoms with Crippen molar-refractivity contribution in [1.82, 2.24) is 4.98 Å². The van der Waals surface area contributed by atoms with Crippen molar-refractivity contribution in [3.63, 3.8) is 0 Å². The summed E-state index contributed by atoms with van der Waals surface area (Å²) in [6.45, 7) is 4.39. The number of hydrogen-bond acceptors (Lipinski definition) is 4. The van der Waals surface area contributed by atoms with Gasteiger partial charge < -0.3 is 9.84 Å². The number of benzene rings is 1. The van der Waals surface area contributed by atoms with Gasteiger partial charge in [-0.05, 0) is 31.5 Å². The molecule has 3 nitrogen and oxygen atoms in total. The number of thiazole rings is 1. The predicted molar refractivity (Wildman–Crippen MR) is 73.1 cm³/mol. The maximum Gasteiger partial charge on any atom is 0.119 e. The van der Waals surface area contributed by atoms with Crippen molar-refractivity contribution in [2.75, 3.05) is 6.61 Å². The molecule has 0 saturated carbocycles. The number of hydrogen-bond donors (Lipinski definition) is 1. The molecule has 1 aromatic heterocycles. The van der Waals surface area contributed by atoms with Crippen LogP contribution in [-0.2, 0) is 6.42 Å². The summed E-state index contributed by atoms with van der Waals surface area (Å²) in [4.78, 5) is 5.47. The molecule has 0 fully saturated rings. The first-order valence-corrected chi connectivity index (χ1v) is 6.84. The summed E-state index contributed by atoms with van der Waals surface area (Å²) in [7, 11) is 0. The fourth-order valence-electron chi connectivity index (χ4n) is 1.69. The molecule has 0 aliphatic heterocycles. The van der Waals surface area contributed by atoms with Crippen LogP contribution in [0.2, 0.25) is 0 Å². The molecule has 4 heteroatoms. The maximum atomic E-state index is 9.50. The predicted octanol–water partition coefficient (Wildman–Crippen LogP) is 3.13. The number of rotatable bonds is 5. The lowest BCUT2D eigenvalue weighted by Gasteiger charge is -2.09. The number of aromatic nitrogens is 1. The van der Waals surface area contributed by atoms with E-state index in [2.05, 4.69) is 4.98 Å². The Balaban J connectivity index is 1.90. The van der Waals surface area contributed by atoms with Crippen molar-refractivity contribution in [3.8, 4) is 5.75 Å². The Morgan fingerprint density at radius 2 is 2.28 bits per heavy atom. The van der Waals surface area contributed by atoms with Crippen LogP contribution in [0.4, 0.5) is 0 Å². The Kier molecular flexibility index (Phi) is 4.33. The average Bonchev–Trinajstić information content (AvgIpc) is 2.76. The molecule has 0 amide bonds. The molecule has 0 aliphatic rings. The van der Waals surface area contributed by atoms with E-state index < -0.39 is 6.10 Å². The van der Waals surface area contributed by atoms with Gasteiger partial charge in [0.1, 0.15) is 5.75 Å². The van der Waals surface area contributed by atoms with E-state index in [1.54, 1.807) is 18.3 Å². The lowest BCUT2D eigenvalue weighted by atomic mass is 10.1. The molecule has 1 aromatic carbocycles. The second-order valence-corrected chi connectivity index (χ2v) is 5.15. The number of aliphatic hydroxyl groups is 1. The summed E-state index contributed by atoms with van der Waals surface area (Å²) < 4.78 is 5.69. The SMILES string of the molecule is Cc1ncsc1CCOc1cccc(C(C)O)c1. The molecule has 2 aromatic rings. The Morgan fingerprint density at radius 1 is 1.44 bits per heavy atom. The molecule has 0 saturated heterocycles. The van der Waals surface area contributed by atoms with E-state index in [4.69, 9.17) is 4.74 Å². The average molecular weight is 263 g/mol. The van der Waals surface area contributed by atoms with Crippen LogP contribution in [0.25, 0.3) is 0 Å². The standard InChI is InChI=1S/C14H17NO2S/c1-10-14(18-9-15-10)6-7-17-13-5-3-4-12(8-13)11(2)16/h3-5,8-9,11,16H,6-7H2,1-2H3. The van der Waals surface area contributed by atoms with Crippen LogP contribution < -0.4 is 4.74 Å². The second-order valence-electron chi connectivity index (χ2n) is 4.21. The minimum Gasteiger partial charge on any atom is -0.493 e. The van der Waals surface area contributed by atoms with Gasteiger partial charge in [-0.25, -0.2) is 4.98 Å². The summed E-state index contributed by atoms with van der Waals surface area (Å²) in [6, 6.07) is 7.58. The quantitative estimate of drug-likeness (QED) is 0.901. The fourth-order valence-corrected chi connectivity index (χ4v) is 2.45. The van der Waals surface area contributed by atoms with E-state index >= 15 is 0 Å². The van der Waals surface area contributed by atoms with Gasteiger partial charge in [0.2, 0.25) is 0 Å². The minimum absolute atomic E-state index is 0.461. The van der Waals surface area contributed by atoms with Crippen LogP contribution >= 0.6 is 11.3 Å². The molecule has 0 radical (unpaired) electrons. The van der Waals surface area contributed by atoms with Gasteiger partial charge in [0.05, 0.1) is 23.9 Å². The van der Waals surface area contributed by atoms with E-state index in [-0.39, 0.29) is 0 Å². The van der Waals surface area contributed by atoms with Gasteiger partial charge in [-0.15, -0.1) is 11.3 Å². The Morgan fingerprint density at radius 3 is 2.94 bits per heavy atom. The number of ether oxygens (including phenoxy) is 1. The van der Waals surface area contributed by atoms with E-state index in [1.165, 1.54) is 4.88 Å². The van der Waals surface area contributed by atoms with Gasteiger partial charge in [0.15, 0.2) is 0 Å². The summed E-state index contributed by atoms with van der Waals surface area (Å²) >= 11 is 1.66. The lowest BCUT2D eigenvalue weighted by Crippen LogP contribution is -2.02. The van der Waals surface area contributed by atoms with Crippen LogP contribution in [0.15, 0.2) is 29.8 Å². The highest BCUT2D eigenvalue weighted by molar-refractivity contribution is 7.09. The molecule has 1 unspecified atom stereocenters. The number of aryl methyl sites for hydroxylation is 1. The third-order valence-corrected chi connectivity index (χ3v) is 3.78. The van der Waals surface area contributed by atoms with Crippen LogP contribution in [0, 0.1) is 6.92 Å². The van der Waals surface area contributed by atoms with E-state index in [0.717, 1.165) is 23.4 Å². The van der Waals surface area contributed by atoms with E-state index in [1.807, 2.05) is 36.7 Å². The lowest BCUT2D eigenvalue weighted by molar-refractivity contribution is 0.198. The zero-order chi connectivity index (χ0) is 13.0. The molecular formula is C14H17NO2S. The highest BCUT2D eigenvalue weighted by atomic mass is 32.1. The first-order chi connectivity index (χ1) is 8.66. The Bertz CT molecular complexity index is 508. The van der Waals surface area contributed by atoms with Crippen molar-refractivity contribution in [2.24, 2.45) is 0 Å². The summed E-state index contributed by atoms with van der Waals surface area (Å²) in [5, 5.41) is 9.50. The van der Waals surface area contributed by atoms with Crippen LogP contribution in [0.3, 0.4) is 0 Å². The van der Waals surface area contributed by atoms with Crippen molar-refractivity contribution in [2.45, 2.75) is 26.4 Å². The molecule has 0 spiro atoms. The third-order valence-electron chi connectivity index (χ3n) is 2.78. The zero-order valence-electron chi connectivity index (χ0n) is 10.6. The summed E-state index contributed by atoms with van der Waals surface area (Å²) in [5.74, 6) is 0.801. The Labute approximate surface area is 111 Å². The largest absolute Gasteiger partial charge is 0.493 e. The molecular weight excluding hydrogens is 246 g/mol. The first-order valence-electron chi connectivity index (χ1n) is 5.96. The highest BCUT2D eigenvalue weighted by Crippen LogP contribution is 2.19. The molecule has 0 aliphatic carbocycles.